The fraction of sp³-hybridized carbons (Fsp3) is 0.409. The molecule has 0 N–H and O–H groups in total. The summed E-state index contributed by atoms with van der Waals surface area (Å²) in [4.78, 5) is 16.1. The van der Waals surface area contributed by atoms with Crippen molar-refractivity contribution in [3.63, 3.8) is 0 Å². The Morgan fingerprint density at radius 2 is 1.77 bits per heavy atom. The van der Waals surface area contributed by atoms with Gasteiger partial charge >= 0.3 is 0 Å². The van der Waals surface area contributed by atoms with E-state index in [0.29, 0.717) is 44.2 Å². The number of carbonyl (C=O) groups excluding carboxylic acids is 1. The van der Waals surface area contributed by atoms with Crippen LogP contribution in [0.25, 0.3) is 0 Å². The SMILES string of the molecule is CC(=O)N1C[C@H](C)Oc2ccc(S(=O)(=O)N3CCN(Cc4ccccc4)CC3)cc21. The molecule has 1 amide bonds. The Morgan fingerprint density at radius 3 is 2.43 bits per heavy atom. The van der Waals surface area contributed by atoms with Crippen LogP contribution < -0.4 is 9.64 Å². The van der Waals surface area contributed by atoms with Gasteiger partial charge in [-0.05, 0) is 30.7 Å². The zero-order valence-corrected chi connectivity index (χ0v) is 18.1. The number of amides is 1. The van der Waals surface area contributed by atoms with Crippen LogP contribution in [-0.4, -0.2) is 62.4 Å². The first-order valence-corrected chi connectivity index (χ1v) is 11.6. The zero-order valence-electron chi connectivity index (χ0n) is 17.3. The van der Waals surface area contributed by atoms with E-state index in [2.05, 4.69) is 17.0 Å². The molecule has 4 rings (SSSR count). The summed E-state index contributed by atoms with van der Waals surface area (Å²) in [5.74, 6) is 0.408. The van der Waals surface area contributed by atoms with Gasteiger partial charge in [-0.25, -0.2) is 8.42 Å². The van der Waals surface area contributed by atoms with Crippen LogP contribution in [0.15, 0.2) is 53.4 Å². The summed E-state index contributed by atoms with van der Waals surface area (Å²) in [6, 6.07) is 15.0. The zero-order chi connectivity index (χ0) is 21.3. The number of rotatable bonds is 4. The second-order valence-corrected chi connectivity index (χ2v) is 9.79. The van der Waals surface area contributed by atoms with Crippen molar-refractivity contribution >= 4 is 21.6 Å². The molecular weight excluding hydrogens is 402 g/mol. The van der Waals surface area contributed by atoms with Gasteiger partial charge in [0.1, 0.15) is 11.9 Å². The lowest BCUT2D eigenvalue weighted by molar-refractivity contribution is -0.117. The van der Waals surface area contributed by atoms with Gasteiger partial charge < -0.3 is 9.64 Å². The van der Waals surface area contributed by atoms with Crippen molar-refractivity contribution in [1.82, 2.24) is 9.21 Å². The molecule has 2 aromatic carbocycles. The van der Waals surface area contributed by atoms with Crippen LogP contribution in [0.4, 0.5) is 5.69 Å². The number of fused-ring (bicyclic) bond motifs is 1. The van der Waals surface area contributed by atoms with Crippen LogP contribution in [0, 0.1) is 0 Å². The molecule has 160 valence electrons. The largest absolute Gasteiger partial charge is 0.487 e. The van der Waals surface area contributed by atoms with E-state index in [1.54, 1.807) is 23.1 Å². The number of nitrogens with zero attached hydrogens (tertiary/aromatic N) is 3. The molecular formula is C22H27N3O4S. The first-order chi connectivity index (χ1) is 14.3. The van der Waals surface area contributed by atoms with Crippen LogP contribution in [0.1, 0.15) is 19.4 Å². The highest BCUT2D eigenvalue weighted by Gasteiger charge is 2.32. The molecule has 1 fully saturated rings. The van der Waals surface area contributed by atoms with E-state index in [0.717, 1.165) is 6.54 Å². The lowest BCUT2D eigenvalue weighted by Crippen LogP contribution is -2.48. The second-order valence-electron chi connectivity index (χ2n) is 7.85. The summed E-state index contributed by atoms with van der Waals surface area (Å²) in [5, 5.41) is 0. The van der Waals surface area contributed by atoms with Gasteiger partial charge in [-0.3, -0.25) is 9.69 Å². The van der Waals surface area contributed by atoms with Gasteiger partial charge in [0.2, 0.25) is 15.9 Å². The van der Waals surface area contributed by atoms with Gasteiger partial charge in [-0.15, -0.1) is 0 Å². The van der Waals surface area contributed by atoms with Crippen molar-refractivity contribution < 1.29 is 17.9 Å². The number of sulfonamides is 1. The second kappa shape index (κ2) is 8.37. The number of benzene rings is 2. The Morgan fingerprint density at radius 1 is 1.07 bits per heavy atom. The molecule has 30 heavy (non-hydrogen) atoms. The van der Waals surface area contributed by atoms with E-state index in [9.17, 15) is 13.2 Å². The third-order valence-electron chi connectivity index (χ3n) is 5.59. The van der Waals surface area contributed by atoms with Gasteiger partial charge in [0, 0.05) is 39.6 Å². The highest BCUT2D eigenvalue weighted by molar-refractivity contribution is 7.89. The fourth-order valence-corrected chi connectivity index (χ4v) is 5.44. The summed E-state index contributed by atoms with van der Waals surface area (Å²) in [5.41, 5.74) is 1.74. The van der Waals surface area contributed by atoms with Gasteiger partial charge in [0.25, 0.3) is 0 Å². The number of hydrogen-bond donors (Lipinski definition) is 0. The smallest absolute Gasteiger partial charge is 0.243 e. The van der Waals surface area contributed by atoms with E-state index in [1.165, 1.54) is 16.8 Å². The van der Waals surface area contributed by atoms with E-state index < -0.39 is 10.0 Å². The Balaban J connectivity index is 1.49. The molecule has 2 aliphatic heterocycles. The lowest BCUT2D eigenvalue weighted by atomic mass is 10.2. The Labute approximate surface area is 177 Å². The van der Waals surface area contributed by atoms with E-state index >= 15 is 0 Å². The highest BCUT2D eigenvalue weighted by atomic mass is 32.2. The standard InChI is InChI=1S/C22H27N3O4S/c1-17-15-25(18(2)26)21-14-20(8-9-22(21)29-17)30(27,28)24-12-10-23(11-13-24)16-19-6-4-3-5-7-19/h3-9,14,17H,10-13,15-16H2,1-2H3/t17-/m0/s1. The van der Waals surface area contributed by atoms with Crippen LogP contribution in [-0.2, 0) is 21.4 Å². The van der Waals surface area contributed by atoms with E-state index in [4.69, 9.17) is 4.74 Å². The summed E-state index contributed by atoms with van der Waals surface area (Å²) in [6.07, 6.45) is -0.137. The minimum Gasteiger partial charge on any atom is -0.487 e. The number of piperazine rings is 1. The maximum absolute atomic E-state index is 13.2. The molecule has 1 saturated heterocycles. The van der Waals surface area contributed by atoms with Crippen molar-refractivity contribution in [3.8, 4) is 5.75 Å². The Hall–Kier alpha value is -2.42. The molecule has 0 unspecified atom stereocenters. The van der Waals surface area contributed by atoms with Crippen LogP contribution in [0.5, 0.6) is 5.75 Å². The highest BCUT2D eigenvalue weighted by Crippen LogP contribution is 2.36. The molecule has 0 aliphatic carbocycles. The first-order valence-electron chi connectivity index (χ1n) is 10.2. The maximum Gasteiger partial charge on any atom is 0.243 e. The molecule has 0 spiro atoms. The number of ether oxygens (including phenoxy) is 1. The summed E-state index contributed by atoms with van der Waals surface area (Å²) in [7, 11) is -3.64. The predicted octanol–water partition coefficient (Wildman–Crippen LogP) is 2.33. The Kier molecular flexibility index (Phi) is 5.81. The van der Waals surface area contributed by atoms with Gasteiger partial charge in [-0.2, -0.15) is 4.31 Å². The molecule has 8 heteroatoms. The average molecular weight is 430 g/mol. The van der Waals surface area contributed by atoms with E-state index in [-0.39, 0.29) is 16.9 Å². The average Bonchev–Trinajstić information content (AvgIpc) is 2.74. The summed E-state index contributed by atoms with van der Waals surface area (Å²) >= 11 is 0. The van der Waals surface area contributed by atoms with Crippen molar-refractivity contribution in [2.24, 2.45) is 0 Å². The Bertz CT molecular complexity index is 1020. The van der Waals surface area contributed by atoms with Crippen LogP contribution in [0.2, 0.25) is 0 Å². The quantitative estimate of drug-likeness (QED) is 0.746. The van der Waals surface area contributed by atoms with Crippen LogP contribution >= 0.6 is 0 Å². The van der Waals surface area contributed by atoms with Crippen molar-refractivity contribution in [3.05, 3.63) is 54.1 Å². The van der Waals surface area contributed by atoms with Gasteiger partial charge in [-0.1, -0.05) is 30.3 Å². The van der Waals surface area contributed by atoms with Crippen LogP contribution in [0.3, 0.4) is 0 Å². The predicted molar refractivity (Wildman–Crippen MR) is 115 cm³/mol. The molecule has 2 aromatic rings. The lowest BCUT2D eigenvalue weighted by Gasteiger charge is -2.35. The topological polar surface area (TPSA) is 70.2 Å². The van der Waals surface area contributed by atoms with Crippen molar-refractivity contribution in [1.29, 1.82) is 0 Å². The molecule has 7 nitrogen and oxygen atoms in total. The third-order valence-corrected chi connectivity index (χ3v) is 7.48. The van der Waals surface area contributed by atoms with E-state index in [1.807, 2.05) is 25.1 Å². The molecule has 2 aliphatic rings. The molecule has 0 bridgehead atoms. The third kappa shape index (κ3) is 4.21. The molecule has 2 heterocycles. The van der Waals surface area contributed by atoms with Crippen molar-refractivity contribution in [2.45, 2.75) is 31.4 Å². The number of anilines is 1. The summed E-state index contributed by atoms with van der Waals surface area (Å²) < 4.78 is 33.8. The monoisotopic (exact) mass is 429 g/mol. The number of carbonyl (C=O) groups is 1. The minimum absolute atomic E-state index is 0.129. The van der Waals surface area contributed by atoms with Crippen molar-refractivity contribution in [2.75, 3.05) is 37.6 Å². The molecule has 0 radical (unpaired) electrons. The normalized spacial score (nSPS) is 20.5. The minimum atomic E-state index is -3.64. The van der Waals surface area contributed by atoms with Gasteiger partial charge in [0.15, 0.2) is 0 Å². The maximum atomic E-state index is 13.2. The number of hydrogen-bond acceptors (Lipinski definition) is 5. The fourth-order valence-electron chi connectivity index (χ4n) is 3.99. The molecule has 0 aromatic heterocycles. The summed E-state index contributed by atoms with van der Waals surface area (Å²) in [6.45, 7) is 6.83. The van der Waals surface area contributed by atoms with Gasteiger partial charge in [0.05, 0.1) is 17.1 Å². The molecule has 1 atom stereocenters. The first kappa shape index (κ1) is 20.8. The molecule has 0 saturated carbocycles.